The summed E-state index contributed by atoms with van der Waals surface area (Å²) in [5.41, 5.74) is 3.28. The number of H-pyrrole nitrogens is 1. The Balaban J connectivity index is 0.889. The van der Waals surface area contributed by atoms with Crippen molar-refractivity contribution in [2.75, 3.05) is 63.3 Å². The molecule has 5 heterocycles. The number of benzene rings is 3. The third-order valence-electron chi connectivity index (χ3n) is 15.9. The first kappa shape index (κ1) is 48.7. The van der Waals surface area contributed by atoms with Crippen LogP contribution in [0, 0.1) is 21.4 Å². The zero-order valence-corrected chi connectivity index (χ0v) is 41.8. The molecule has 4 N–H and O–H groups in total. The second-order valence-electron chi connectivity index (χ2n) is 21.0. The minimum absolute atomic E-state index is 0.0128. The molecular weight excluding hydrogens is 927 g/mol. The molecule has 10 rings (SSSR count). The molecule has 2 aromatic heterocycles. The van der Waals surface area contributed by atoms with Gasteiger partial charge in [-0.2, -0.15) is 4.98 Å². The van der Waals surface area contributed by atoms with Crippen molar-refractivity contribution in [2.24, 2.45) is 11.3 Å². The predicted octanol–water partition coefficient (Wildman–Crippen LogP) is 8.88. The SMILES string of the molecule is COCCOc1nc2[nH]ccc2cc1Oc1cc(N2CCC3(CC2)CN([C@@H]2CCC[C@@H]2c2ccccc2C(C)C)C3)ccc1C(=O)NS(=O)(=O)c1cc2c(c([N+](=O)[O-])c1)N[C@@H](C1CCC(C)(O)CC1)CO2. The monoisotopic (exact) mass is 991 g/mol. The summed E-state index contributed by atoms with van der Waals surface area (Å²) in [6.45, 7) is 10.7. The molecule has 2 saturated carbocycles. The first-order chi connectivity index (χ1) is 34.1. The van der Waals surface area contributed by atoms with Crippen molar-refractivity contribution in [3.05, 3.63) is 99.7 Å². The number of fused-ring (bicyclic) bond motifs is 2. The number of nitro groups is 1. The van der Waals surface area contributed by atoms with Crippen LogP contribution in [0.1, 0.15) is 112 Å². The normalized spacial score (nSPS) is 24.2. The molecule has 5 aliphatic rings. The number of pyridine rings is 1. The van der Waals surface area contributed by atoms with Gasteiger partial charge < -0.3 is 39.3 Å². The van der Waals surface area contributed by atoms with Crippen molar-refractivity contribution in [1.82, 2.24) is 19.6 Å². The first-order valence-electron chi connectivity index (χ1n) is 25.1. The highest BCUT2D eigenvalue weighted by Gasteiger charge is 2.49. The van der Waals surface area contributed by atoms with Crippen LogP contribution >= 0.6 is 0 Å². The molecule has 2 saturated heterocycles. The number of amides is 1. The molecule has 0 radical (unpaired) electrons. The number of aromatic amines is 1. The summed E-state index contributed by atoms with van der Waals surface area (Å²) in [6, 6.07) is 20.0. The largest absolute Gasteiger partial charge is 0.489 e. The zero-order chi connectivity index (χ0) is 49.7. The van der Waals surface area contributed by atoms with E-state index in [0.29, 0.717) is 49.2 Å². The molecule has 378 valence electrons. The molecule has 4 fully saturated rings. The highest BCUT2D eigenvalue weighted by atomic mass is 32.2. The Hall–Kier alpha value is -5.95. The van der Waals surface area contributed by atoms with Crippen molar-refractivity contribution in [2.45, 2.75) is 113 Å². The van der Waals surface area contributed by atoms with Gasteiger partial charge in [0.15, 0.2) is 17.2 Å². The lowest BCUT2D eigenvalue weighted by atomic mass is 9.70. The van der Waals surface area contributed by atoms with Crippen LogP contribution in [0.5, 0.6) is 23.1 Å². The number of hydrogen-bond donors (Lipinski definition) is 4. The first-order valence-corrected chi connectivity index (χ1v) is 26.6. The van der Waals surface area contributed by atoms with Crippen molar-refractivity contribution in [3.8, 4) is 23.1 Å². The van der Waals surface area contributed by atoms with Gasteiger partial charge in [0.25, 0.3) is 27.5 Å². The fourth-order valence-electron chi connectivity index (χ4n) is 11.9. The van der Waals surface area contributed by atoms with Gasteiger partial charge in [-0.1, -0.05) is 44.5 Å². The molecule has 0 bridgehead atoms. The van der Waals surface area contributed by atoms with Gasteiger partial charge in [-0.15, -0.1) is 0 Å². The van der Waals surface area contributed by atoms with Gasteiger partial charge in [0.2, 0.25) is 0 Å². The number of aromatic nitrogens is 2. The molecule has 71 heavy (non-hydrogen) atoms. The number of likely N-dealkylation sites (tertiary alicyclic amines) is 1. The van der Waals surface area contributed by atoms with Crippen LogP contribution in [0.4, 0.5) is 17.1 Å². The van der Waals surface area contributed by atoms with Crippen molar-refractivity contribution < 1.29 is 42.2 Å². The van der Waals surface area contributed by atoms with Crippen molar-refractivity contribution >= 4 is 44.0 Å². The van der Waals surface area contributed by atoms with E-state index in [0.717, 1.165) is 56.2 Å². The zero-order valence-electron chi connectivity index (χ0n) is 40.9. The maximum Gasteiger partial charge on any atom is 0.297 e. The van der Waals surface area contributed by atoms with Gasteiger partial charge in [-0.3, -0.25) is 19.8 Å². The summed E-state index contributed by atoms with van der Waals surface area (Å²) >= 11 is 0. The third-order valence-corrected chi connectivity index (χ3v) is 17.2. The topological polar surface area (TPSA) is 211 Å². The van der Waals surface area contributed by atoms with Gasteiger partial charge in [0.1, 0.15) is 24.6 Å². The Morgan fingerprint density at radius 2 is 1.77 bits per heavy atom. The summed E-state index contributed by atoms with van der Waals surface area (Å²) in [5.74, 6) is 0.509. The summed E-state index contributed by atoms with van der Waals surface area (Å²) < 4.78 is 54.2. The summed E-state index contributed by atoms with van der Waals surface area (Å²) in [6.07, 6.45) is 10.0. The number of methoxy groups -OCH3 is 1. The van der Waals surface area contributed by atoms with Gasteiger partial charge in [0.05, 0.1) is 33.6 Å². The number of sulfonamides is 1. The summed E-state index contributed by atoms with van der Waals surface area (Å²) in [5, 5.41) is 26.9. The van der Waals surface area contributed by atoms with E-state index in [9.17, 15) is 28.4 Å². The summed E-state index contributed by atoms with van der Waals surface area (Å²) in [4.78, 5) is 38.4. The lowest BCUT2D eigenvalue weighted by Crippen LogP contribution is -2.63. The molecule has 3 aliphatic heterocycles. The lowest BCUT2D eigenvalue weighted by molar-refractivity contribution is -0.384. The number of carbonyl (C=O) groups excluding carboxylic acids is 1. The molecule has 2 aliphatic carbocycles. The number of nitrogens with zero attached hydrogens (tertiary/aromatic N) is 4. The fourth-order valence-corrected chi connectivity index (χ4v) is 12.9. The lowest BCUT2D eigenvalue weighted by Gasteiger charge is -2.57. The van der Waals surface area contributed by atoms with E-state index < -0.39 is 37.0 Å². The van der Waals surface area contributed by atoms with Gasteiger partial charge >= 0.3 is 0 Å². The number of nitrogens with one attached hydrogen (secondary N) is 3. The standard InChI is InChI=1S/C53H65N7O10S/c1-33(2)38-8-5-6-9-39(38)40-10-7-11-43(40)59-31-53(32-59)19-22-58(23-20-53)36-12-13-41(45(27-36)70-47-26-35-16-21-54-49(35)56-51(47)68-25-24-67-4)50(61)57-71(65,66)37-28-44(60(63)64)48-46(29-37)69-30-42(55-48)34-14-17-52(3,62)18-15-34/h5-6,8-9,12-13,16,21,26-29,33-34,40,42-43,55,62H,7,10-11,14-15,17-20,22-25,30-32H2,1-4H3,(H,54,56)(H,57,61)/t34?,40-,42-,43-,52?/m1/s1. The second-order valence-corrected chi connectivity index (χ2v) is 22.7. The quantitative estimate of drug-likeness (QED) is 0.0439. The van der Waals surface area contributed by atoms with Crippen molar-refractivity contribution in [3.63, 3.8) is 0 Å². The van der Waals surface area contributed by atoms with Crippen LogP contribution in [0.2, 0.25) is 0 Å². The van der Waals surface area contributed by atoms with Crippen LogP contribution in [0.15, 0.2) is 77.8 Å². The number of rotatable bonds is 15. The van der Waals surface area contributed by atoms with E-state index in [-0.39, 0.29) is 71.6 Å². The minimum atomic E-state index is -4.72. The second kappa shape index (κ2) is 19.6. The van der Waals surface area contributed by atoms with Crippen molar-refractivity contribution in [1.29, 1.82) is 0 Å². The Morgan fingerprint density at radius 1 is 1.00 bits per heavy atom. The molecule has 3 aromatic carbocycles. The number of aliphatic hydroxyl groups is 1. The Morgan fingerprint density at radius 3 is 2.52 bits per heavy atom. The highest BCUT2D eigenvalue weighted by molar-refractivity contribution is 7.90. The van der Waals surface area contributed by atoms with Crippen LogP contribution in [-0.4, -0.2) is 110 Å². The van der Waals surface area contributed by atoms with E-state index in [2.05, 4.69) is 67.9 Å². The van der Waals surface area contributed by atoms with E-state index in [4.69, 9.17) is 18.9 Å². The molecule has 17 nitrogen and oxygen atoms in total. The highest BCUT2D eigenvalue weighted by Crippen LogP contribution is 2.49. The molecule has 0 unspecified atom stereocenters. The smallest absolute Gasteiger partial charge is 0.297 e. The fraction of sp³-hybridized carbons (Fsp3) is 0.509. The number of piperidine rings is 1. The van der Waals surface area contributed by atoms with Gasteiger partial charge in [0, 0.05) is 74.8 Å². The number of anilines is 2. The van der Waals surface area contributed by atoms with Crippen LogP contribution in [0.3, 0.4) is 0 Å². The Bertz CT molecular complexity index is 2900. The Kier molecular flexibility index (Phi) is 13.4. The molecule has 5 aromatic rings. The van der Waals surface area contributed by atoms with E-state index in [1.54, 1.807) is 44.5 Å². The molecular formula is C53H65N7O10S. The maximum atomic E-state index is 14.4. The predicted molar refractivity (Wildman–Crippen MR) is 270 cm³/mol. The average molecular weight is 992 g/mol. The average Bonchev–Trinajstić information content (AvgIpc) is 4.02. The number of carbonyl (C=O) groups is 1. The van der Waals surface area contributed by atoms with E-state index in [1.807, 2.05) is 6.07 Å². The van der Waals surface area contributed by atoms with Crippen LogP contribution in [-0.2, 0) is 14.8 Å². The van der Waals surface area contributed by atoms with Crippen LogP contribution < -0.4 is 29.1 Å². The van der Waals surface area contributed by atoms with E-state index in [1.165, 1.54) is 36.5 Å². The number of nitro benzene ring substituents is 1. The maximum absolute atomic E-state index is 14.4. The van der Waals surface area contributed by atoms with Crippen LogP contribution in [0.25, 0.3) is 11.0 Å². The number of hydrogen-bond acceptors (Lipinski definition) is 14. The number of ether oxygens (including phenoxy) is 4. The summed E-state index contributed by atoms with van der Waals surface area (Å²) in [7, 11) is -3.16. The third kappa shape index (κ3) is 10.00. The van der Waals surface area contributed by atoms with Gasteiger partial charge in [-0.05, 0) is 117 Å². The molecule has 18 heteroatoms. The molecule has 1 spiro atoms. The molecule has 3 atom stereocenters. The molecule has 1 amide bonds. The Labute approximate surface area is 414 Å². The minimum Gasteiger partial charge on any atom is -0.489 e. The van der Waals surface area contributed by atoms with Gasteiger partial charge in [-0.25, -0.2) is 13.1 Å². The van der Waals surface area contributed by atoms with E-state index >= 15 is 0 Å².